The van der Waals surface area contributed by atoms with Crippen LogP contribution in [0.1, 0.15) is 29.2 Å². The summed E-state index contributed by atoms with van der Waals surface area (Å²) >= 11 is 0. The minimum absolute atomic E-state index is 0.0888. The Hall–Kier alpha value is -2.60. The van der Waals surface area contributed by atoms with Crippen molar-refractivity contribution < 1.29 is 14.3 Å². The minimum Gasteiger partial charge on any atom is -0.475 e. The number of hydrogen-bond donors (Lipinski definition) is 2. The van der Waals surface area contributed by atoms with Crippen LogP contribution in [0.2, 0.25) is 0 Å². The number of urea groups is 1. The van der Waals surface area contributed by atoms with Crippen LogP contribution in [-0.4, -0.2) is 31.3 Å². The molecule has 1 aromatic heterocycles. The summed E-state index contributed by atoms with van der Waals surface area (Å²) < 4.78 is 10.3. The number of benzene rings is 1. The summed E-state index contributed by atoms with van der Waals surface area (Å²) in [4.78, 5) is 16.4. The lowest BCUT2D eigenvalue weighted by molar-refractivity contribution is 0.143. The van der Waals surface area contributed by atoms with E-state index < -0.39 is 0 Å². The number of aromatic nitrogens is 1. The van der Waals surface area contributed by atoms with Crippen molar-refractivity contribution in [3.05, 3.63) is 59.3 Å². The van der Waals surface area contributed by atoms with Gasteiger partial charge in [-0.15, -0.1) is 0 Å². The molecule has 0 fully saturated rings. The molecule has 1 aliphatic rings. The van der Waals surface area contributed by atoms with E-state index in [9.17, 15) is 4.79 Å². The second-order valence-electron chi connectivity index (χ2n) is 5.96. The van der Waals surface area contributed by atoms with Crippen LogP contribution in [0.25, 0.3) is 0 Å². The average Bonchev–Trinajstić information content (AvgIpc) is 3.04. The molecule has 0 saturated heterocycles. The van der Waals surface area contributed by atoms with Crippen molar-refractivity contribution >= 4 is 6.03 Å². The highest BCUT2D eigenvalue weighted by molar-refractivity contribution is 5.74. The number of pyridine rings is 1. The van der Waals surface area contributed by atoms with E-state index in [2.05, 4.69) is 27.8 Å². The molecule has 6 nitrogen and oxygen atoms in total. The monoisotopic (exact) mass is 341 g/mol. The van der Waals surface area contributed by atoms with E-state index in [1.165, 1.54) is 11.1 Å². The van der Waals surface area contributed by atoms with Gasteiger partial charge in [-0.3, -0.25) is 0 Å². The van der Waals surface area contributed by atoms with Crippen molar-refractivity contribution in [1.82, 2.24) is 15.6 Å². The Morgan fingerprint density at radius 3 is 2.92 bits per heavy atom. The highest BCUT2D eigenvalue weighted by Gasteiger charge is 2.23. The van der Waals surface area contributed by atoms with Gasteiger partial charge in [-0.05, 0) is 29.5 Å². The van der Waals surface area contributed by atoms with Gasteiger partial charge in [0, 0.05) is 25.9 Å². The molecule has 25 heavy (non-hydrogen) atoms. The van der Waals surface area contributed by atoms with Crippen LogP contribution in [0, 0.1) is 0 Å². The number of nitrogens with zero attached hydrogens (tertiary/aromatic N) is 1. The Kier molecular flexibility index (Phi) is 5.85. The molecule has 1 unspecified atom stereocenters. The smallest absolute Gasteiger partial charge is 0.315 e. The zero-order valence-electron chi connectivity index (χ0n) is 14.3. The number of methoxy groups -OCH3 is 1. The summed E-state index contributed by atoms with van der Waals surface area (Å²) in [6.07, 6.45) is 3.66. The fourth-order valence-electron chi connectivity index (χ4n) is 2.93. The van der Waals surface area contributed by atoms with E-state index in [4.69, 9.17) is 9.47 Å². The van der Waals surface area contributed by atoms with Gasteiger partial charge in [-0.1, -0.05) is 30.3 Å². The molecule has 132 valence electrons. The van der Waals surface area contributed by atoms with E-state index in [-0.39, 0.29) is 12.1 Å². The number of rotatable bonds is 7. The number of hydrogen-bond acceptors (Lipinski definition) is 4. The first-order chi connectivity index (χ1) is 12.3. The molecule has 1 atom stereocenters. The Balaban J connectivity index is 1.45. The predicted molar refractivity (Wildman–Crippen MR) is 94.5 cm³/mol. The maximum atomic E-state index is 12.1. The molecule has 0 aliphatic heterocycles. The first kappa shape index (κ1) is 17.2. The lowest BCUT2D eigenvalue weighted by atomic mass is 10.1. The molecule has 1 aromatic carbocycles. The largest absolute Gasteiger partial charge is 0.475 e. The van der Waals surface area contributed by atoms with Crippen LogP contribution in [-0.2, 0) is 17.7 Å². The molecule has 0 spiro atoms. The summed E-state index contributed by atoms with van der Waals surface area (Å²) in [5.41, 5.74) is 3.46. The fraction of sp³-hybridized carbons (Fsp3) is 0.368. The van der Waals surface area contributed by atoms with Gasteiger partial charge in [0.2, 0.25) is 5.88 Å². The van der Waals surface area contributed by atoms with Gasteiger partial charge in [-0.25, -0.2) is 9.78 Å². The van der Waals surface area contributed by atoms with Crippen LogP contribution in [0.5, 0.6) is 5.88 Å². The second kappa shape index (κ2) is 8.48. The van der Waals surface area contributed by atoms with Gasteiger partial charge in [0.05, 0.1) is 12.6 Å². The Morgan fingerprint density at radius 2 is 2.12 bits per heavy atom. The summed E-state index contributed by atoms with van der Waals surface area (Å²) in [6.45, 7) is 1.41. The summed E-state index contributed by atoms with van der Waals surface area (Å²) in [7, 11) is 1.63. The first-order valence-corrected chi connectivity index (χ1v) is 8.45. The van der Waals surface area contributed by atoms with Crippen LogP contribution in [0.3, 0.4) is 0 Å². The topological polar surface area (TPSA) is 72.5 Å². The Morgan fingerprint density at radius 1 is 1.24 bits per heavy atom. The lowest BCUT2D eigenvalue weighted by Crippen LogP contribution is -2.36. The van der Waals surface area contributed by atoms with Crippen LogP contribution in [0.15, 0.2) is 42.6 Å². The molecule has 0 radical (unpaired) electrons. The third-order valence-corrected chi connectivity index (χ3v) is 4.23. The number of carbonyl (C=O) groups is 1. The van der Waals surface area contributed by atoms with Crippen LogP contribution in [0.4, 0.5) is 4.79 Å². The zero-order chi connectivity index (χ0) is 17.5. The van der Waals surface area contributed by atoms with Crippen molar-refractivity contribution in [2.24, 2.45) is 0 Å². The van der Waals surface area contributed by atoms with Crippen molar-refractivity contribution in [2.75, 3.05) is 20.3 Å². The van der Waals surface area contributed by atoms with Gasteiger partial charge in [0.25, 0.3) is 0 Å². The molecule has 1 aliphatic carbocycles. The average molecular weight is 341 g/mol. The van der Waals surface area contributed by atoms with Gasteiger partial charge in [0.1, 0.15) is 6.61 Å². The van der Waals surface area contributed by atoms with Gasteiger partial charge in [0.15, 0.2) is 0 Å². The fourth-order valence-corrected chi connectivity index (χ4v) is 2.93. The molecular formula is C19H23N3O3. The van der Waals surface area contributed by atoms with Crippen molar-refractivity contribution in [3.8, 4) is 5.88 Å². The van der Waals surface area contributed by atoms with E-state index in [1.54, 1.807) is 19.4 Å². The van der Waals surface area contributed by atoms with E-state index >= 15 is 0 Å². The molecule has 2 aromatic rings. The molecule has 2 N–H and O–H groups in total. The van der Waals surface area contributed by atoms with Gasteiger partial charge in [-0.2, -0.15) is 0 Å². The maximum Gasteiger partial charge on any atom is 0.315 e. The first-order valence-electron chi connectivity index (χ1n) is 8.45. The summed E-state index contributed by atoms with van der Waals surface area (Å²) in [5.74, 6) is 0.549. The number of amides is 2. The third-order valence-electron chi connectivity index (χ3n) is 4.23. The zero-order valence-corrected chi connectivity index (χ0v) is 14.3. The van der Waals surface area contributed by atoms with E-state index in [1.807, 2.05) is 18.2 Å². The molecule has 0 bridgehead atoms. The highest BCUT2D eigenvalue weighted by Crippen LogP contribution is 2.30. The quantitative estimate of drug-likeness (QED) is 0.759. The van der Waals surface area contributed by atoms with Crippen LogP contribution >= 0.6 is 0 Å². The SMILES string of the molecule is COCCOc1ccc(CNC(=O)NC2CCc3ccccc32)cn1. The normalized spacial score (nSPS) is 15.5. The molecule has 6 heteroatoms. The molecule has 3 rings (SSSR count). The van der Waals surface area contributed by atoms with E-state index in [0.717, 1.165) is 18.4 Å². The Bertz CT molecular complexity index is 703. The van der Waals surface area contributed by atoms with Gasteiger partial charge < -0.3 is 20.1 Å². The highest BCUT2D eigenvalue weighted by atomic mass is 16.5. The second-order valence-corrected chi connectivity index (χ2v) is 5.96. The minimum atomic E-state index is -0.165. The van der Waals surface area contributed by atoms with Crippen molar-refractivity contribution in [3.63, 3.8) is 0 Å². The standard InChI is InChI=1S/C19H23N3O3/c1-24-10-11-25-18-9-6-14(12-20-18)13-21-19(23)22-17-8-7-15-4-2-3-5-16(15)17/h2-6,9,12,17H,7-8,10-11,13H2,1H3,(H2,21,22,23). The number of ether oxygens (including phenoxy) is 2. The van der Waals surface area contributed by atoms with Crippen LogP contribution < -0.4 is 15.4 Å². The Labute approximate surface area is 147 Å². The summed E-state index contributed by atoms with van der Waals surface area (Å²) in [6, 6.07) is 11.9. The lowest BCUT2D eigenvalue weighted by Gasteiger charge is -2.15. The molecular weight excluding hydrogens is 318 g/mol. The number of nitrogens with one attached hydrogen (secondary N) is 2. The molecule has 0 saturated carbocycles. The number of fused-ring (bicyclic) bond motifs is 1. The van der Waals surface area contributed by atoms with Crippen molar-refractivity contribution in [1.29, 1.82) is 0 Å². The summed E-state index contributed by atoms with van der Waals surface area (Å²) in [5, 5.41) is 5.92. The molecule has 2 amide bonds. The third kappa shape index (κ3) is 4.70. The van der Waals surface area contributed by atoms with Gasteiger partial charge >= 0.3 is 6.03 Å². The number of aryl methyl sites for hydroxylation is 1. The van der Waals surface area contributed by atoms with Crippen molar-refractivity contribution in [2.45, 2.75) is 25.4 Å². The predicted octanol–water partition coefficient (Wildman–Crippen LogP) is 2.59. The number of carbonyl (C=O) groups excluding carboxylic acids is 1. The maximum absolute atomic E-state index is 12.1. The molecule has 1 heterocycles. The van der Waals surface area contributed by atoms with E-state index in [0.29, 0.717) is 25.6 Å².